The lowest BCUT2D eigenvalue weighted by Crippen LogP contribution is -2.42. The molecule has 1 aromatic carbocycles. The van der Waals surface area contributed by atoms with Crippen LogP contribution in [0.3, 0.4) is 0 Å². The van der Waals surface area contributed by atoms with E-state index in [-0.39, 0.29) is 11.9 Å². The largest absolute Gasteiger partial charge is 0.479 e. The molecule has 1 rings (SSSR count). The van der Waals surface area contributed by atoms with Crippen molar-refractivity contribution in [1.82, 2.24) is 4.90 Å². The molecule has 0 aliphatic rings. The van der Waals surface area contributed by atoms with Gasteiger partial charge in [0.1, 0.15) is 0 Å². The molecule has 98 valence electrons. The van der Waals surface area contributed by atoms with Gasteiger partial charge >= 0.3 is 5.97 Å². The molecule has 0 heterocycles. The number of hydrogen-bond acceptors (Lipinski definition) is 2. The summed E-state index contributed by atoms with van der Waals surface area (Å²) in [6.45, 7) is 4.92. The number of carboxylic acids is 1. The summed E-state index contributed by atoms with van der Waals surface area (Å²) >= 11 is 5.86. The van der Waals surface area contributed by atoms with Gasteiger partial charge in [0.25, 0.3) is 0 Å². The van der Waals surface area contributed by atoms with E-state index in [1.165, 1.54) is 11.8 Å². The number of nitrogens with zero attached hydrogens (tertiary/aromatic N) is 1. The third-order valence-electron chi connectivity index (χ3n) is 2.60. The summed E-state index contributed by atoms with van der Waals surface area (Å²) in [6.07, 6.45) is 0. The van der Waals surface area contributed by atoms with E-state index < -0.39 is 12.0 Å². The average Bonchev–Trinajstić information content (AvgIpc) is 2.23. The van der Waals surface area contributed by atoms with Crippen LogP contribution in [0.5, 0.6) is 0 Å². The highest BCUT2D eigenvalue weighted by molar-refractivity contribution is 6.30. The van der Waals surface area contributed by atoms with Gasteiger partial charge < -0.3 is 10.0 Å². The quantitative estimate of drug-likeness (QED) is 0.914. The van der Waals surface area contributed by atoms with Crippen LogP contribution >= 0.6 is 11.6 Å². The van der Waals surface area contributed by atoms with Gasteiger partial charge in [-0.15, -0.1) is 0 Å². The highest BCUT2D eigenvalue weighted by Gasteiger charge is 2.31. The zero-order chi connectivity index (χ0) is 13.9. The Morgan fingerprint density at radius 1 is 1.33 bits per heavy atom. The molecule has 0 saturated carbocycles. The fraction of sp³-hybridized carbons (Fsp3) is 0.385. The normalized spacial score (nSPS) is 12.3. The molecule has 1 aromatic rings. The van der Waals surface area contributed by atoms with E-state index in [1.807, 2.05) is 0 Å². The molecule has 0 bridgehead atoms. The van der Waals surface area contributed by atoms with Gasteiger partial charge in [-0.3, -0.25) is 4.79 Å². The van der Waals surface area contributed by atoms with Crippen molar-refractivity contribution in [3.05, 3.63) is 34.9 Å². The van der Waals surface area contributed by atoms with Crippen LogP contribution in [0.1, 0.15) is 32.4 Å². The molecule has 0 aliphatic heterocycles. The summed E-state index contributed by atoms with van der Waals surface area (Å²) < 4.78 is 0. The minimum Gasteiger partial charge on any atom is -0.479 e. The fourth-order valence-corrected chi connectivity index (χ4v) is 2.14. The Morgan fingerprint density at radius 3 is 2.33 bits per heavy atom. The second kappa shape index (κ2) is 5.87. The number of carbonyl (C=O) groups is 2. The van der Waals surface area contributed by atoms with Gasteiger partial charge in [-0.1, -0.05) is 23.7 Å². The SMILES string of the molecule is CC(=O)N(C(C)C)C(C(=O)O)c1cccc(Cl)c1. The van der Waals surface area contributed by atoms with Crippen molar-refractivity contribution in [3.8, 4) is 0 Å². The first-order valence-electron chi connectivity index (χ1n) is 5.61. The molecule has 4 nitrogen and oxygen atoms in total. The van der Waals surface area contributed by atoms with Crippen LogP contribution in [0, 0.1) is 0 Å². The summed E-state index contributed by atoms with van der Waals surface area (Å²) in [6, 6.07) is 5.34. The van der Waals surface area contributed by atoms with Crippen LogP contribution in [0.4, 0.5) is 0 Å². The Labute approximate surface area is 111 Å². The van der Waals surface area contributed by atoms with Gasteiger partial charge in [-0.25, -0.2) is 4.79 Å². The van der Waals surface area contributed by atoms with Crippen molar-refractivity contribution in [2.75, 3.05) is 0 Å². The highest BCUT2D eigenvalue weighted by Crippen LogP contribution is 2.25. The fourth-order valence-electron chi connectivity index (χ4n) is 1.94. The van der Waals surface area contributed by atoms with Crippen LogP contribution in [0.2, 0.25) is 5.02 Å². The van der Waals surface area contributed by atoms with Gasteiger partial charge in [0, 0.05) is 18.0 Å². The van der Waals surface area contributed by atoms with Gasteiger partial charge in [0.2, 0.25) is 5.91 Å². The minimum atomic E-state index is -1.07. The highest BCUT2D eigenvalue weighted by atomic mass is 35.5. The third kappa shape index (κ3) is 3.23. The summed E-state index contributed by atoms with van der Waals surface area (Å²) in [7, 11) is 0. The van der Waals surface area contributed by atoms with E-state index in [0.717, 1.165) is 0 Å². The van der Waals surface area contributed by atoms with E-state index in [2.05, 4.69) is 0 Å². The number of benzene rings is 1. The molecule has 0 fully saturated rings. The van der Waals surface area contributed by atoms with E-state index >= 15 is 0 Å². The Balaban J connectivity index is 3.24. The van der Waals surface area contributed by atoms with Gasteiger partial charge in [-0.2, -0.15) is 0 Å². The number of carboxylic acid groups (broad SMARTS) is 1. The summed E-state index contributed by atoms with van der Waals surface area (Å²) in [4.78, 5) is 24.4. The van der Waals surface area contributed by atoms with E-state index in [4.69, 9.17) is 11.6 Å². The van der Waals surface area contributed by atoms with Crippen molar-refractivity contribution in [1.29, 1.82) is 0 Å². The summed E-state index contributed by atoms with van der Waals surface area (Å²) in [5, 5.41) is 9.80. The Hall–Kier alpha value is -1.55. The van der Waals surface area contributed by atoms with Crippen LogP contribution in [0.25, 0.3) is 0 Å². The Kier molecular flexibility index (Phi) is 4.73. The number of carbonyl (C=O) groups excluding carboxylic acids is 1. The molecule has 5 heteroatoms. The zero-order valence-electron chi connectivity index (χ0n) is 10.6. The molecule has 1 amide bonds. The topological polar surface area (TPSA) is 57.6 Å². The molecule has 0 saturated heterocycles. The molecule has 1 N–H and O–H groups in total. The molecular weight excluding hydrogens is 254 g/mol. The Morgan fingerprint density at radius 2 is 1.94 bits per heavy atom. The minimum absolute atomic E-state index is 0.206. The molecule has 0 spiro atoms. The summed E-state index contributed by atoms with van der Waals surface area (Å²) in [5.74, 6) is -1.35. The van der Waals surface area contributed by atoms with Gasteiger partial charge in [0.05, 0.1) is 0 Å². The first-order valence-corrected chi connectivity index (χ1v) is 5.99. The number of rotatable bonds is 4. The van der Waals surface area contributed by atoms with Crippen molar-refractivity contribution in [3.63, 3.8) is 0 Å². The van der Waals surface area contributed by atoms with Crippen LogP contribution < -0.4 is 0 Å². The number of halogens is 1. The molecule has 0 aliphatic carbocycles. The molecule has 18 heavy (non-hydrogen) atoms. The van der Waals surface area contributed by atoms with Crippen molar-refractivity contribution in [2.24, 2.45) is 0 Å². The molecule has 1 atom stereocenters. The number of hydrogen-bond donors (Lipinski definition) is 1. The first kappa shape index (κ1) is 14.5. The first-order chi connectivity index (χ1) is 8.34. The third-order valence-corrected chi connectivity index (χ3v) is 2.83. The maximum atomic E-state index is 11.6. The standard InChI is InChI=1S/C13H16ClNO3/c1-8(2)15(9(3)16)12(13(17)18)10-5-4-6-11(14)7-10/h4-8,12H,1-3H3,(H,17,18). The smallest absolute Gasteiger partial charge is 0.331 e. The van der Waals surface area contributed by atoms with E-state index in [1.54, 1.807) is 38.1 Å². The molecule has 0 radical (unpaired) electrons. The lowest BCUT2D eigenvalue weighted by molar-refractivity contribution is -0.151. The lowest BCUT2D eigenvalue weighted by atomic mass is 10.0. The van der Waals surface area contributed by atoms with Gasteiger partial charge in [-0.05, 0) is 31.5 Å². The maximum absolute atomic E-state index is 11.6. The summed E-state index contributed by atoms with van der Waals surface area (Å²) in [5.41, 5.74) is 0.499. The predicted molar refractivity (Wildman–Crippen MR) is 69.5 cm³/mol. The second-order valence-corrected chi connectivity index (χ2v) is 4.75. The molecule has 0 aromatic heterocycles. The van der Waals surface area contributed by atoms with E-state index in [0.29, 0.717) is 10.6 Å². The predicted octanol–water partition coefficient (Wildman–Crippen LogP) is 2.72. The van der Waals surface area contributed by atoms with Crippen molar-refractivity contribution >= 4 is 23.5 Å². The second-order valence-electron chi connectivity index (χ2n) is 4.32. The number of aliphatic carboxylic acids is 1. The monoisotopic (exact) mass is 269 g/mol. The lowest BCUT2D eigenvalue weighted by Gasteiger charge is -2.31. The number of amides is 1. The van der Waals surface area contributed by atoms with Crippen LogP contribution in [-0.2, 0) is 9.59 Å². The van der Waals surface area contributed by atoms with Crippen molar-refractivity contribution < 1.29 is 14.7 Å². The van der Waals surface area contributed by atoms with Crippen LogP contribution in [-0.4, -0.2) is 27.9 Å². The Bertz CT molecular complexity index is 459. The van der Waals surface area contributed by atoms with Gasteiger partial charge in [0.15, 0.2) is 6.04 Å². The maximum Gasteiger partial charge on any atom is 0.331 e. The molecular formula is C13H16ClNO3. The van der Waals surface area contributed by atoms with Crippen LogP contribution in [0.15, 0.2) is 24.3 Å². The van der Waals surface area contributed by atoms with E-state index in [9.17, 15) is 14.7 Å². The molecule has 1 unspecified atom stereocenters. The van der Waals surface area contributed by atoms with Crippen molar-refractivity contribution in [2.45, 2.75) is 32.9 Å². The zero-order valence-corrected chi connectivity index (χ0v) is 11.3. The average molecular weight is 270 g/mol.